The number of hydrogen-bond acceptors (Lipinski definition) is 3. The van der Waals surface area contributed by atoms with Crippen LogP contribution >= 0.6 is 0 Å². The van der Waals surface area contributed by atoms with Gasteiger partial charge in [0.05, 0.1) is 7.11 Å². The Bertz CT molecular complexity index is 546. The maximum absolute atomic E-state index is 14.0. The van der Waals surface area contributed by atoms with Crippen LogP contribution in [0.15, 0.2) is 18.2 Å². The summed E-state index contributed by atoms with van der Waals surface area (Å²) in [5, 5.41) is 9.31. The number of carboxylic acid groups (broad SMARTS) is 1. The van der Waals surface area contributed by atoms with E-state index in [4.69, 9.17) is 4.74 Å². The lowest BCUT2D eigenvalue weighted by atomic mass is 10.1. The van der Waals surface area contributed by atoms with E-state index in [-0.39, 0.29) is 11.3 Å². The molecule has 1 amide bonds. The SMILES string of the molecule is COc1cccc(F)c1C(=O)N1CCCCCC1C(=O)O. The Labute approximate surface area is 122 Å². The van der Waals surface area contributed by atoms with E-state index in [1.807, 2.05) is 0 Å². The van der Waals surface area contributed by atoms with Crippen molar-refractivity contribution in [1.29, 1.82) is 0 Å². The Balaban J connectivity index is 2.39. The normalized spacial score (nSPS) is 19.0. The van der Waals surface area contributed by atoms with Gasteiger partial charge in [0.1, 0.15) is 23.2 Å². The molecule has 6 heteroatoms. The van der Waals surface area contributed by atoms with Gasteiger partial charge < -0.3 is 14.7 Å². The second-order valence-electron chi connectivity index (χ2n) is 5.02. The van der Waals surface area contributed by atoms with E-state index >= 15 is 0 Å². The summed E-state index contributed by atoms with van der Waals surface area (Å²) in [5.41, 5.74) is -0.201. The maximum Gasteiger partial charge on any atom is 0.326 e. The van der Waals surface area contributed by atoms with Crippen molar-refractivity contribution in [2.45, 2.75) is 31.7 Å². The number of methoxy groups -OCH3 is 1. The van der Waals surface area contributed by atoms with Crippen LogP contribution in [0.1, 0.15) is 36.0 Å². The summed E-state index contributed by atoms with van der Waals surface area (Å²) in [6, 6.07) is 3.19. The van der Waals surface area contributed by atoms with Crippen LogP contribution in [0.25, 0.3) is 0 Å². The fourth-order valence-electron chi connectivity index (χ4n) is 2.63. The summed E-state index contributed by atoms with van der Waals surface area (Å²) in [4.78, 5) is 25.2. The summed E-state index contributed by atoms with van der Waals surface area (Å²) >= 11 is 0. The second kappa shape index (κ2) is 6.56. The van der Waals surface area contributed by atoms with Gasteiger partial charge in [-0.1, -0.05) is 18.9 Å². The molecule has 1 aromatic rings. The lowest BCUT2D eigenvalue weighted by molar-refractivity contribution is -0.142. The fourth-order valence-corrected chi connectivity index (χ4v) is 2.63. The highest BCUT2D eigenvalue weighted by Crippen LogP contribution is 2.26. The van der Waals surface area contributed by atoms with Crippen LogP contribution < -0.4 is 4.74 Å². The van der Waals surface area contributed by atoms with Crippen molar-refractivity contribution in [3.8, 4) is 5.75 Å². The average Bonchev–Trinajstić information content (AvgIpc) is 2.72. The smallest absolute Gasteiger partial charge is 0.326 e. The van der Waals surface area contributed by atoms with E-state index in [0.717, 1.165) is 12.8 Å². The molecule has 21 heavy (non-hydrogen) atoms. The van der Waals surface area contributed by atoms with Crippen LogP contribution in [0.2, 0.25) is 0 Å². The highest BCUT2D eigenvalue weighted by molar-refractivity contribution is 5.99. The first kappa shape index (κ1) is 15.3. The van der Waals surface area contributed by atoms with Crippen LogP contribution in [-0.4, -0.2) is 41.6 Å². The molecular formula is C15H18FNO4. The van der Waals surface area contributed by atoms with Gasteiger partial charge in [-0.05, 0) is 25.0 Å². The molecule has 1 heterocycles. The van der Waals surface area contributed by atoms with E-state index < -0.39 is 23.7 Å². The molecule has 1 aliphatic rings. The lowest BCUT2D eigenvalue weighted by Gasteiger charge is -2.27. The zero-order valence-electron chi connectivity index (χ0n) is 11.8. The fraction of sp³-hybridized carbons (Fsp3) is 0.467. The predicted molar refractivity (Wildman–Crippen MR) is 73.9 cm³/mol. The van der Waals surface area contributed by atoms with Crippen molar-refractivity contribution >= 4 is 11.9 Å². The van der Waals surface area contributed by atoms with Crippen LogP contribution in [0.4, 0.5) is 4.39 Å². The first-order chi connectivity index (χ1) is 10.1. The number of rotatable bonds is 3. The monoisotopic (exact) mass is 295 g/mol. The number of benzene rings is 1. The number of halogens is 1. The van der Waals surface area contributed by atoms with Crippen LogP contribution in [0.5, 0.6) is 5.75 Å². The summed E-state index contributed by atoms with van der Waals surface area (Å²) < 4.78 is 19.0. The van der Waals surface area contributed by atoms with Crippen molar-refractivity contribution in [2.24, 2.45) is 0 Å². The lowest BCUT2D eigenvalue weighted by Crippen LogP contribution is -2.45. The number of carbonyl (C=O) groups excluding carboxylic acids is 1. The zero-order valence-corrected chi connectivity index (χ0v) is 11.8. The summed E-state index contributed by atoms with van der Waals surface area (Å²) in [6.45, 7) is 0.313. The molecule has 5 nitrogen and oxygen atoms in total. The molecule has 114 valence electrons. The number of aliphatic carboxylic acids is 1. The molecule has 0 saturated carbocycles. The van der Waals surface area contributed by atoms with E-state index in [9.17, 15) is 19.1 Å². The molecule has 1 fully saturated rings. The van der Waals surface area contributed by atoms with Gasteiger partial charge in [0.15, 0.2) is 0 Å². The van der Waals surface area contributed by atoms with Gasteiger partial charge in [-0.3, -0.25) is 4.79 Å². The zero-order chi connectivity index (χ0) is 15.4. The average molecular weight is 295 g/mol. The predicted octanol–water partition coefficient (Wildman–Crippen LogP) is 2.30. The molecule has 1 atom stereocenters. The molecular weight excluding hydrogens is 277 g/mol. The first-order valence-electron chi connectivity index (χ1n) is 6.92. The Morgan fingerprint density at radius 3 is 2.76 bits per heavy atom. The standard InChI is InChI=1S/C15H18FNO4/c1-21-12-8-5-6-10(16)13(12)14(18)17-9-4-2-3-7-11(17)15(19)20/h5-6,8,11H,2-4,7,9H2,1H3,(H,19,20). The van der Waals surface area contributed by atoms with Crippen molar-refractivity contribution in [2.75, 3.05) is 13.7 Å². The van der Waals surface area contributed by atoms with Gasteiger partial charge in [-0.2, -0.15) is 0 Å². The molecule has 1 unspecified atom stereocenters. The topological polar surface area (TPSA) is 66.8 Å². The van der Waals surface area contributed by atoms with Gasteiger partial charge in [0.25, 0.3) is 5.91 Å². The van der Waals surface area contributed by atoms with E-state index in [1.54, 1.807) is 0 Å². The number of carboxylic acids is 1. The molecule has 0 spiro atoms. The third-order valence-corrected chi connectivity index (χ3v) is 3.71. The number of ether oxygens (including phenoxy) is 1. The third kappa shape index (κ3) is 3.15. The maximum atomic E-state index is 14.0. The summed E-state index contributed by atoms with van der Waals surface area (Å²) in [5.74, 6) is -2.26. The molecule has 1 aliphatic heterocycles. The van der Waals surface area contributed by atoms with Gasteiger partial charge in [0.2, 0.25) is 0 Å². The molecule has 1 aromatic carbocycles. The molecule has 0 radical (unpaired) electrons. The molecule has 1 N–H and O–H groups in total. The Morgan fingerprint density at radius 2 is 2.10 bits per heavy atom. The highest BCUT2D eigenvalue weighted by atomic mass is 19.1. The first-order valence-corrected chi connectivity index (χ1v) is 6.92. The Kier molecular flexibility index (Phi) is 4.77. The van der Waals surface area contributed by atoms with Gasteiger partial charge in [-0.15, -0.1) is 0 Å². The molecule has 0 aliphatic carbocycles. The largest absolute Gasteiger partial charge is 0.496 e. The number of carbonyl (C=O) groups is 2. The molecule has 1 saturated heterocycles. The van der Waals surface area contributed by atoms with E-state index in [1.165, 1.54) is 30.2 Å². The minimum atomic E-state index is -1.06. The third-order valence-electron chi connectivity index (χ3n) is 3.71. The van der Waals surface area contributed by atoms with Crippen molar-refractivity contribution in [1.82, 2.24) is 4.90 Å². The number of amides is 1. The molecule has 0 aromatic heterocycles. The number of nitrogens with zero attached hydrogens (tertiary/aromatic N) is 1. The molecule has 0 bridgehead atoms. The molecule has 2 rings (SSSR count). The van der Waals surface area contributed by atoms with Gasteiger partial charge in [-0.25, -0.2) is 9.18 Å². The van der Waals surface area contributed by atoms with E-state index in [0.29, 0.717) is 19.4 Å². The Hall–Kier alpha value is -2.11. The minimum absolute atomic E-state index is 0.119. The van der Waals surface area contributed by atoms with Crippen LogP contribution in [-0.2, 0) is 4.79 Å². The van der Waals surface area contributed by atoms with Crippen LogP contribution in [0, 0.1) is 5.82 Å². The van der Waals surface area contributed by atoms with Crippen LogP contribution in [0.3, 0.4) is 0 Å². The van der Waals surface area contributed by atoms with Crippen molar-refractivity contribution in [3.05, 3.63) is 29.6 Å². The second-order valence-corrected chi connectivity index (χ2v) is 5.02. The quantitative estimate of drug-likeness (QED) is 0.929. The summed E-state index contributed by atoms with van der Waals surface area (Å²) in [7, 11) is 1.35. The van der Waals surface area contributed by atoms with Gasteiger partial charge in [0, 0.05) is 6.54 Å². The van der Waals surface area contributed by atoms with E-state index in [2.05, 4.69) is 0 Å². The summed E-state index contributed by atoms with van der Waals surface area (Å²) in [6.07, 6.45) is 2.71. The number of hydrogen-bond donors (Lipinski definition) is 1. The van der Waals surface area contributed by atoms with Gasteiger partial charge >= 0.3 is 5.97 Å². The Morgan fingerprint density at radius 1 is 1.33 bits per heavy atom. The van der Waals surface area contributed by atoms with Crippen molar-refractivity contribution in [3.63, 3.8) is 0 Å². The minimum Gasteiger partial charge on any atom is -0.496 e. The number of likely N-dealkylation sites (tertiary alicyclic amines) is 1. The van der Waals surface area contributed by atoms with Crippen molar-refractivity contribution < 1.29 is 23.8 Å². The highest BCUT2D eigenvalue weighted by Gasteiger charge is 2.33.